The van der Waals surface area contributed by atoms with Crippen molar-refractivity contribution >= 4 is 11.6 Å². The number of allylic oxidation sites excluding steroid dienone is 2. The van der Waals surface area contributed by atoms with E-state index in [1.165, 1.54) is 11.3 Å². The van der Waals surface area contributed by atoms with Crippen LogP contribution in [0.4, 0.5) is 0 Å². The monoisotopic (exact) mass is 266 g/mol. The molecule has 0 N–H and O–H groups in total. The molecule has 1 aromatic rings. The first-order valence-corrected chi connectivity index (χ1v) is 7.20. The van der Waals surface area contributed by atoms with E-state index in [0.29, 0.717) is 5.41 Å². The summed E-state index contributed by atoms with van der Waals surface area (Å²) >= 11 is 6.34. The number of aryl methyl sites for hydroxylation is 2. The molecule has 0 saturated heterocycles. The molecule has 100 valence electrons. The molecular weight excluding hydrogens is 244 g/mol. The van der Waals surface area contributed by atoms with Crippen molar-refractivity contribution in [1.82, 2.24) is 9.78 Å². The third-order valence-corrected chi connectivity index (χ3v) is 3.84. The summed E-state index contributed by atoms with van der Waals surface area (Å²) in [5.41, 5.74) is 4.19. The Balaban J connectivity index is 2.18. The maximum atomic E-state index is 6.34. The number of hydrogen-bond donors (Lipinski definition) is 0. The standard InChI is InChI=1S/C15H23ClN2/c1-5-18-14(6-11(2)17-18)8-12-7-13(16)10-15(3,4)9-12/h6-7,13H,5,8-10H2,1-4H3. The third-order valence-electron chi connectivity index (χ3n) is 3.56. The summed E-state index contributed by atoms with van der Waals surface area (Å²) in [4.78, 5) is 0. The summed E-state index contributed by atoms with van der Waals surface area (Å²) in [5, 5.41) is 4.69. The fourth-order valence-corrected chi connectivity index (χ4v) is 3.55. The highest BCUT2D eigenvalue weighted by Crippen LogP contribution is 2.38. The van der Waals surface area contributed by atoms with Gasteiger partial charge in [-0.15, -0.1) is 11.6 Å². The van der Waals surface area contributed by atoms with Gasteiger partial charge in [-0.05, 0) is 38.2 Å². The number of aromatic nitrogens is 2. The van der Waals surface area contributed by atoms with Crippen LogP contribution in [0, 0.1) is 12.3 Å². The summed E-state index contributed by atoms with van der Waals surface area (Å²) in [6.07, 6.45) is 5.45. The van der Waals surface area contributed by atoms with Crippen molar-refractivity contribution in [3.8, 4) is 0 Å². The van der Waals surface area contributed by atoms with Crippen LogP contribution in [0.25, 0.3) is 0 Å². The van der Waals surface area contributed by atoms with Crippen LogP contribution in [-0.2, 0) is 13.0 Å². The molecule has 0 bridgehead atoms. The second kappa shape index (κ2) is 5.08. The van der Waals surface area contributed by atoms with Crippen LogP contribution in [-0.4, -0.2) is 15.2 Å². The van der Waals surface area contributed by atoms with Crippen molar-refractivity contribution < 1.29 is 0 Å². The maximum Gasteiger partial charge on any atom is 0.0596 e. The second-order valence-corrected chi connectivity index (χ2v) is 6.72. The Labute approximate surface area is 115 Å². The van der Waals surface area contributed by atoms with Gasteiger partial charge >= 0.3 is 0 Å². The quantitative estimate of drug-likeness (QED) is 0.595. The summed E-state index contributed by atoms with van der Waals surface area (Å²) in [7, 11) is 0. The number of hydrogen-bond acceptors (Lipinski definition) is 1. The molecule has 0 fully saturated rings. The minimum absolute atomic E-state index is 0.183. The van der Waals surface area contributed by atoms with E-state index >= 15 is 0 Å². The normalized spacial score (nSPS) is 22.9. The molecule has 1 unspecified atom stereocenters. The molecule has 1 heterocycles. The van der Waals surface area contributed by atoms with Crippen molar-refractivity contribution in [2.75, 3.05) is 0 Å². The SMILES string of the molecule is CCn1nc(C)cc1CC1=CC(Cl)CC(C)(C)C1. The summed E-state index contributed by atoms with van der Waals surface area (Å²) in [6, 6.07) is 2.19. The van der Waals surface area contributed by atoms with Gasteiger partial charge in [0.05, 0.1) is 11.1 Å². The Morgan fingerprint density at radius 1 is 1.50 bits per heavy atom. The first kappa shape index (κ1) is 13.7. The molecule has 0 radical (unpaired) electrons. The minimum Gasteiger partial charge on any atom is -0.269 e. The van der Waals surface area contributed by atoms with Crippen molar-refractivity contribution in [3.05, 3.63) is 29.1 Å². The van der Waals surface area contributed by atoms with Crippen molar-refractivity contribution in [2.24, 2.45) is 5.41 Å². The number of nitrogens with zero attached hydrogens (tertiary/aromatic N) is 2. The average molecular weight is 267 g/mol. The van der Waals surface area contributed by atoms with Gasteiger partial charge in [-0.1, -0.05) is 25.5 Å². The van der Waals surface area contributed by atoms with E-state index < -0.39 is 0 Å². The lowest BCUT2D eigenvalue weighted by atomic mass is 9.76. The number of rotatable bonds is 3. The van der Waals surface area contributed by atoms with E-state index in [2.05, 4.69) is 49.6 Å². The molecule has 18 heavy (non-hydrogen) atoms. The van der Waals surface area contributed by atoms with Gasteiger partial charge in [0.2, 0.25) is 0 Å². The average Bonchev–Trinajstić information content (AvgIpc) is 2.55. The summed E-state index contributed by atoms with van der Waals surface area (Å²) < 4.78 is 2.10. The Morgan fingerprint density at radius 2 is 2.22 bits per heavy atom. The van der Waals surface area contributed by atoms with Crippen LogP contribution in [0.15, 0.2) is 17.7 Å². The van der Waals surface area contributed by atoms with Crippen LogP contribution in [0.2, 0.25) is 0 Å². The zero-order valence-corrected chi connectivity index (χ0v) is 12.6. The number of alkyl halides is 1. The molecule has 0 spiro atoms. The molecule has 0 aromatic carbocycles. The second-order valence-electron chi connectivity index (χ2n) is 6.16. The van der Waals surface area contributed by atoms with Gasteiger partial charge in [0.25, 0.3) is 0 Å². The zero-order chi connectivity index (χ0) is 13.3. The first-order chi connectivity index (χ1) is 8.39. The van der Waals surface area contributed by atoms with Crippen LogP contribution < -0.4 is 0 Å². The lowest BCUT2D eigenvalue weighted by Gasteiger charge is -2.32. The fourth-order valence-electron chi connectivity index (χ4n) is 2.96. The van der Waals surface area contributed by atoms with Crippen molar-refractivity contribution in [3.63, 3.8) is 0 Å². The predicted octanol–water partition coefficient (Wildman–Crippen LogP) is 4.11. The molecule has 1 aromatic heterocycles. The summed E-state index contributed by atoms with van der Waals surface area (Å²) in [5.74, 6) is 0. The minimum atomic E-state index is 0.183. The van der Waals surface area contributed by atoms with E-state index in [4.69, 9.17) is 11.6 Å². The first-order valence-electron chi connectivity index (χ1n) is 6.76. The Morgan fingerprint density at radius 3 is 2.83 bits per heavy atom. The van der Waals surface area contributed by atoms with E-state index in [9.17, 15) is 0 Å². The topological polar surface area (TPSA) is 17.8 Å². The smallest absolute Gasteiger partial charge is 0.0596 e. The highest BCUT2D eigenvalue weighted by molar-refractivity contribution is 6.21. The Kier molecular flexibility index (Phi) is 3.86. The molecule has 2 rings (SSSR count). The third kappa shape index (κ3) is 3.17. The molecule has 1 atom stereocenters. The van der Waals surface area contributed by atoms with Crippen molar-refractivity contribution in [2.45, 2.75) is 58.9 Å². The number of halogens is 1. The predicted molar refractivity (Wildman–Crippen MR) is 77.1 cm³/mol. The van der Waals surface area contributed by atoms with Gasteiger partial charge in [0, 0.05) is 18.7 Å². The zero-order valence-electron chi connectivity index (χ0n) is 11.8. The Hall–Kier alpha value is -0.760. The van der Waals surface area contributed by atoms with Gasteiger partial charge < -0.3 is 0 Å². The van der Waals surface area contributed by atoms with Crippen LogP contribution in [0.5, 0.6) is 0 Å². The molecule has 3 heteroatoms. The van der Waals surface area contributed by atoms with Crippen LogP contribution >= 0.6 is 11.6 Å². The lowest BCUT2D eigenvalue weighted by Crippen LogP contribution is -2.23. The molecule has 0 amide bonds. The highest BCUT2D eigenvalue weighted by atomic mass is 35.5. The van der Waals surface area contributed by atoms with E-state index in [1.54, 1.807) is 0 Å². The van der Waals surface area contributed by atoms with E-state index in [0.717, 1.165) is 31.5 Å². The maximum absolute atomic E-state index is 6.34. The molecule has 2 nitrogen and oxygen atoms in total. The Bertz CT molecular complexity index is 457. The van der Waals surface area contributed by atoms with Crippen molar-refractivity contribution in [1.29, 1.82) is 0 Å². The van der Waals surface area contributed by atoms with Gasteiger partial charge in [-0.2, -0.15) is 5.10 Å². The van der Waals surface area contributed by atoms with Gasteiger partial charge in [-0.25, -0.2) is 0 Å². The van der Waals surface area contributed by atoms with E-state index in [1.807, 2.05) is 0 Å². The van der Waals surface area contributed by atoms with Gasteiger partial charge in [-0.3, -0.25) is 4.68 Å². The molecule has 0 saturated carbocycles. The molecule has 1 aliphatic carbocycles. The van der Waals surface area contributed by atoms with Gasteiger partial charge in [0.15, 0.2) is 0 Å². The highest BCUT2D eigenvalue weighted by Gasteiger charge is 2.27. The molecular formula is C15H23ClN2. The van der Waals surface area contributed by atoms with Crippen LogP contribution in [0.1, 0.15) is 45.0 Å². The molecule has 1 aliphatic rings. The lowest BCUT2D eigenvalue weighted by molar-refractivity contribution is 0.320. The largest absolute Gasteiger partial charge is 0.269 e. The van der Waals surface area contributed by atoms with E-state index in [-0.39, 0.29) is 5.38 Å². The van der Waals surface area contributed by atoms with Gasteiger partial charge in [0.1, 0.15) is 0 Å². The fraction of sp³-hybridized carbons (Fsp3) is 0.667. The van der Waals surface area contributed by atoms with Crippen LogP contribution in [0.3, 0.4) is 0 Å². The summed E-state index contributed by atoms with van der Waals surface area (Å²) in [6.45, 7) is 9.73. The molecule has 0 aliphatic heterocycles.